The zero-order valence-corrected chi connectivity index (χ0v) is 9.91. The number of thioether (sulfide) groups is 1. The molecule has 14 heavy (non-hydrogen) atoms. The topological polar surface area (TPSA) is 75.7 Å². The molecule has 1 unspecified atom stereocenters. The summed E-state index contributed by atoms with van der Waals surface area (Å²) in [5, 5.41) is 16.5. The molecule has 1 aromatic rings. The molecule has 4 nitrogen and oxygen atoms in total. The number of aryl methyl sites for hydroxylation is 1. The fourth-order valence-electron chi connectivity index (χ4n) is 0.983. The van der Waals surface area contributed by atoms with Crippen LogP contribution in [0.15, 0.2) is 4.34 Å². The molecule has 0 bridgehead atoms. The third kappa shape index (κ3) is 3.63. The van der Waals surface area contributed by atoms with E-state index in [2.05, 4.69) is 17.1 Å². The van der Waals surface area contributed by atoms with Gasteiger partial charge in [-0.3, -0.25) is 5.41 Å². The Morgan fingerprint density at radius 2 is 2.36 bits per heavy atom. The highest BCUT2D eigenvalue weighted by Crippen LogP contribution is 2.29. The first-order valence-corrected chi connectivity index (χ1v) is 6.11. The zero-order valence-electron chi connectivity index (χ0n) is 8.28. The van der Waals surface area contributed by atoms with E-state index >= 15 is 0 Å². The summed E-state index contributed by atoms with van der Waals surface area (Å²) in [4.78, 5) is 0. The zero-order chi connectivity index (χ0) is 10.6. The van der Waals surface area contributed by atoms with E-state index in [9.17, 15) is 0 Å². The largest absolute Gasteiger partial charge is 0.388 e. The molecule has 1 rings (SSSR count). The molecule has 0 aliphatic carbocycles. The van der Waals surface area contributed by atoms with Crippen molar-refractivity contribution in [3.8, 4) is 0 Å². The molecular formula is C8H14N4S2. The van der Waals surface area contributed by atoms with E-state index in [1.807, 2.05) is 6.92 Å². The van der Waals surface area contributed by atoms with E-state index in [0.717, 1.165) is 15.8 Å². The lowest BCUT2D eigenvalue weighted by atomic mass is 10.2. The molecule has 1 atom stereocenters. The smallest absolute Gasteiger partial charge is 0.174 e. The normalized spacial score (nSPS) is 12.7. The molecule has 3 N–H and O–H groups in total. The molecule has 1 heterocycles. The van der Waals surface area contributed by atoms with Gasteiger partial charge in [-0.1, -0.05) is 30.0 Å². The van der Waals surface area contributed by atoms with Crippen LogP contribution in [-0.2, 0) is 0 Å². The minimum Gasteiger partial charge on any atom is -0.388 e. The van der Waals surface area contributed by atoms with Crippen molar-refractivity contribution in [3.63, 3.8) is 0 Å². The van der Waals surface area contributed by atoms with Crippen molar-refractivity contribution in [1.29, 1.82) is 5.41 Å². The van der Waals surface area contributed by atoms with Crippen LogP contribution < -0.4 is 5.73 Å². The number of hydrogen-bond donors (Lipinski definition) is 2. The first-order chi connectivity index (χ1) is 6.61. The van der Waals surface area contributed by atoms with E-state index in [1.165, 1.54) is 0 Å². The van der Waals surface area contributed by atoms with Gasteiger partial charge in [0.25, 0.3) is 0 Å². The number of hydrogen-bond acceptors (Lipinski definition) is 5. The van der Waals surface area contributed by atoms with Crippen molar-refractivity contribution in [2.45, 2.75) is 36.3 Å². The molecule has 0 saturated heterocycles. The van der Waals surface area contributed by atoms with E-state index in [-0.39, 0.29) is 5.84 Å². The minimum atomic E-state index is 0.241. The third-order valence-electron chi connectivity index (χ3n) is 1.68. The van der Waals surface area contributed by atoms with Gasteiger partial charge < -0.3 is 5.73 Å². The van der Waals surface area contributed by atoms with Crippen LogP contribution in [0, 0.1) is 12.3 Å². The second-order valence-electron chi connectivity index (χ2n) is 2.96. The Morgan fingerprint density at radius 1 is 1.64 bits per heavy atom. The molecule has 0 radical (unpaired) electrons. The van der Waals surface area contributed by atoms with Crippen molar-refractivity contribution in [1.82, 2.24) is 10.2 Å². The van der Waals surface area contributed by atoms with Crippen molar-refractivity contribution < 1.29 is 0 Å². The van der Waals surface area contributed by atoms with Crippen LogP contribution in [0.2, 0.25) is 0 Å². The highest BCUT2D eigenvalue weighted by atomic mass is 32.2. The summed E-state index contributed by atoms with van der Waals surface area (Å²) in [5.74, 6) is 0.241. The van der Waals surface area contributed by atoms with Gasteiger partial charge in [-0.05, 0) is 13.3 Å². The highest BCUT2D eigenvalue weighted by Gasteiger charge is 2.12. The maximum Gasteiger partial charge on any atom is 0.174 e. The Balaban J connectivity index is 2.52. The molecule has 78 valence electrons. The molecule has 0 fully saturated rings. The predicted octanol–water partition coefficient (Wildman–Crippen LogP) is 2.04. The van der Waals surface area contributed by atoms with Gasteiger partial charge in [-0.2, -0.15) is 0 Å². The van der Waals surface area contributed by atoms with E-state index in [4.69, 9.17) is 11.1 Å². The minimum absolute atomic E-state index is 0.241. The number of rotatable bonds is 5. The average Bonchev–Trinajstić information content (AvgIpc) is 2.49. The predicted molar refractivity (Wildman–Crippen MR) is 61.1 cm³/mol. The molecule has 0 aromatic carbocycles. The number of nitrogens with one attached hydrogen (secondary N) is 1. The fourth-order valence-corrected chi connectivity index (χ4v) is 3.16. The average molecular weight is 230 g/mol. The van der Waals surface area contributed by atoms with Crippen molar-refractivity contribution in [2.24, 2.45) is 5.73 Å². The second kappa shape index (κ2) is 5.31. The molecule has 0 aliphatic rings. The first-order valence-electron chi connectivity index (χ1n) is 4.41. The van der Waals surface area contributed by atoms with Gasteiger partial charge in [0, 0.05) is 11.7 Å². The lowest BCUT2D eigenvalue weighted by Crippen LogP contribution is -2.16. The second-order valence-corrected chi connectivity index (χ2v) is 5.69. The van der Waals surface area contributed by atoms with Gasteiger partial charge in [-0.15, -0.1) is 10.2 Å². The SMILES string of the molecule is CCC(CC(=N)N)Sc1nnc(C)s1. The van der Waals surface area contributed by atoms with Crippen molar-refractivity contribution in [2.75, 3.05) is 0 Å². The van der Waals surface area contributed by atoms with Gasteiger partial charge in [0.2, 0.25) is 0 Å². The van der Waals surface area contributed by atoms with Crippen LogP contribution in [0.25, 0.3) is 0 Å². The number of amidine groups is 1. The Morgan fingerprint density at radius 3 is 2.79 bits per heavy atom. The van der Waals surface area contributed by atoms with Gasteiger partial charge >= 0.3 is 0 Å². The highest BCUT2D eigenvalue weighted by molar-refractivity contribution is 8.01. The monoisotopic (exact) mass is 230 g/mol. The summed E-state index contributed by atoms with van der Waals surface area (Å²) in [6.07, 6.45) is 1.61. The van der Waals surface area contributed by atoms with Gasteiger partial charge in [-0.25, -0.2) is 0 Å². The molecule has 0 amide bonds. The lowest BCUT2D eigenvalue weighted by molar-refractivity contribution is 0.845. The summed E-state index contributed by atoms with van der Waals surface area (Å²) in [6.45, 7) is 4.03. The molecule has 6 heteroatoms. The Labute approximate surface area is 91.8 Å². The van der Waals surface area contributed by atoms with Crippen LogP contribution in [0.1, 0.15) is 24.8 Å². The van der Waals surface area contributed by atoms with Crippen LogP contribution in [0.5, 0.6) is 0 Å². The number of aromatic nitrogens is 2. The quantitative estimate of drug-likeness (QED) is 0.461. The van der Waals surface area contributed by atoms with E-state index < -0.39 is 0 Å². The third-order valence-corrected chi connectivity index (χ3v) is 3.97. The Hall–Kier alpha value is -0.620. The summed E-state index contributed by atoms with van der Waals surface area (Å²) >= 11 is 3.25. The molecular weight excluding hydrogens is 216 g/mol. The number of nitrogens with two attached hydrogens (primary N) is 1. The molecule has 1 aromatic heterocycles. The van der Waals surface area contributed by atoms with Gasteiger partial charge in [0.15, 0.2) is 4.34 Å². The van der Waals surface area contributed by atoms with Crippen molar-refractivity contribution in [3.05, 3.63) is 5.01 Å². The summed E-state index contributed by atoms with van der Waals surface area (Å²) in [7, 11) is 0. The maximum atomic E-state index is 7.23. The first kappa shape index (κ1) is 11.5. The van der Waals surface area contributed by atoms with Crippen LogP contribution in [0.4, 0.5) is 0 Å². The van der Waals surface area contributed by atoms with E-state index in [0.29, 0.717) is 11.7 Å². The summed E-state index contributed by atoms with van der Waals surface area (Å²) < 4.78 is 0.968. The summed E-state index contributed by atoms with van der Waals surface area (Å²) in [5.41, 5.74) is 5.37. The van der Waals surface area contributed by atoms with Crippen LogP contribution in [-0.4, -0.2) is 21.3 Å². The Bertz CT molecular complexity index is 310. The van der Waals surface area contributed by atoms with E-state index in [1.54, 1.807) is 23.1 Å². The lowest BCUT2D eigenvalue weighted by Gasteiger charge is -2.10. The Kier molecular flexibility index (Phi) is 4.34. The fraction of sp³-hybridized carbons (Fsp3) is 0.625. The van der Waals surface area contributed by atoms with Crippen LogP contribution in [0.3, 0.4) is 0 Å². The van der Waals surface area contributed by atoms with Gasteiger partial charge in [0.05, 0.1) is 5.84 Å². The maximum absolute atomic E-state index is 7.23. The number of nitrogens with zero attached hydrogens (tertiary/aromatic N) is 2. The van der Waals surface area contributed by atoms with Gasteiger partial charge in [0.1, 0.15) is 5.01 Å². The summed E-state index contributed by atoms with van der Waals surface area (Å²) in [6, 6.07) is 0. The van der Waals surface area contributed by atoms with Crippen molar-refractivity contribution >= 4 is 28.9 Å². The molecule has 0 aliphatic heterocycles. The molecule has 0 saturated carbocycles. The van der Waals surface area contributed by atoms with Crippen LogP contribution >= 0.6 is 23.1 Å². The standard InChI is InChI=1S/C8H14N4S2/c1-3-6(4-7(9)10)14-8-12-11-5(2)13-8/h6H,3-4H2,1-2H3,(H3,9,10). The molecule has 0 spiro atoms.